The van der Waals surface area contributed by atoms with E-state index in [1.54, 1.807) is 19.1 Å². The first-order valence-electron chi connectivity index (χ1n) is 5.93. The van der Waals surface area contributed by atoms with Crippen LogP contribution >= 0.6 is 22.9 Å². The van der Waals surface area contributed by atoms with Crippen molar-refractivity contribution in [3.8, 4) is 0 Å². The summed E-state index contributed by atoms with van der Waals surface area (Å²) in [6.45, 7) is 2.16. The number of anilines is 1. The zero-order valence-corrected chi connectivity index (χ0v) is 12.0. The van der Waals surface area contributed by atoms with Gasteiger partial charge in [-0.1, -0.05) is 17.7 Å². The molecule has 100 valence electrons. The highest BCUT2D eigenvalue weighted by Crippen LogP contribution is 2.25. The Bertz CT molecular complexity index is 525. The molecule has 0 saturated carbocycles. The standard InChI is InChI=1S/C14H14ClNO2S/c1-2-18-14(17)13(12-4-3-9-19-12)16-11-7-5-10(15)6-8-11/h3-9,13,16H,2H2,1H3. The maximum Gasteiger partial charge on any atom is 0.334 e. The van der Waals surface area contributed by atoms with Crippen molar-refractivity contribution < 1.29 is 9.53 Å². The fourth-order valence-corrected chi connectivity index (χ4v) is 2.53. The molecule has 0 saturated heterocycles. The summed E-state index contributed by atoms with van der Waals surface area (Å²) in [5.74, 6) is -0.278. The second-order valence-corrected chi connectivity index (χ2v) is 5.27. The van der Waals surface area contributed by atoms with Gasteiger partial charge in [0.15, 0.2) is 6.04 Å². The molecule has 0 amide bonds. The van der Waals surface area contributed by atoms with Crippen molar-refractivity contribution >= 4 is 34.6 Å². The molecule has 2 rings (SSSR count). The van der Waals surface area contributed by atoms with Gasteiger partial charge in [-0.15, -0.1) is 11.3 Å². The Kier molecular flexibility index (Phi) is 4.82. The van der Waals surface area contributed by atoms with Crippen molar-refractivity contribution in [3.63, 3.8) is 0 Å². The van der Waals surface area contributed by atoms with Crippen LogP contribution in [0.5, 0.6) is 0 Å². The average Bonchev–Trinajstić information content (AvgIpc) is 2.92. The molecule has 0 aliphatic rings. The number of benzene rings is 1. The maximum atomic E-state index is 12.0. The summed E-state index contributed by atoms with van der Waals surface area (Å²) >= 11 is 7.36. The van der Waals surface area contributed by atoms with E-state index < -0.39 is 6.04 Å². The van der Waals surface area contributed by atoms with E-state index >= 15 is 0 Å². The second-order valence-electron chi connectivity index (χ2n) is 3.85. The highest BCUT2D eigenvalue weighted by molar-refractivity contribution is 7.10. The zero-order chi connectivity index (χ0) is 13.7. The van der Waals surface area contributed by atoms with E-state index in [-0.39, 0.29) is 5.97 Å². The molecule has 1 heterocycles. The summed E-state index contributed by atoms with van der Waals surface area (Å²) < 4.78 is 5.10. The van der Waals surface area contributed by atoms with E-state index in [0.717, 1.165) is 10.6 Å². The van der Waals surface area contributed by atoms with Gasteiger partial charge in [0.1, 0.15) is 0 Å². The van der Waals surface area contributed by atoms with E-state index in [2.05, 4.69) is 5.32 Å². The summed E-state index contributed by atoms with van der Waals surface area (Å²) in [7, 11) is 0. The first-order chi connectivity index (χ1) is 9.20. The summed E-state index contributed by atoms with van der Waals surface area (Å²) in [4.78, 5) is 12.9. The number of halogens is 1. The van der Waals surface area contributed by atoms with Crippen molar-refractivity contribution in [1.82, 2.24) is 0 Å². The van der Waals surface area contributed by atoms with Crippen LogP contribution in [0.3, 0.4) is 0 Å². The number of hydrogen-bond acceptors (Lipinski definition) is 4. The molecule has 0 aliphatic heterocycles. The second kappa shape index (κ2) is 6.59. The van der Waals surface area contributed by atoms with Gasteiger partial charge in [-0.3, -0.25) is 0 Å². The number of nitrogens with one attached hydrogen (secondary N) is 1. The first kappa shape index (κ1) is 13.9. The molecule has 2 aromatic rings. The molecule has 1 N–H and O–H groups in total. The van der Waals surface area contributed by atoms with Crippen molar-refractivity contribution in [2.24, 2.45) is 0 Å². The molecule has 19 heavy (non-hydrogen) atoms. The Hall–Kier alpha value is -1.52. The van der Waals surface area contributed by atoms with Gasteiger partial charge in [-0.2, -0.15) is 0 Å². The van der Waals surface area contributed by atoms with Gasteiger partial charge >= 0.3 is 5.97 Å². The first-order valence-corrected chi connectivity index (χ1v) is 7.18. The summed E-state index contributed by atoms with van der Waals surface area (Å²) in [6, 6.07) is 10.6. The Balaban J connectivity index is 2.18. The number of hydrogen-bond donors (Lipinski definition) is 1. The van der Waals surface area contributed by atoms with E-state index in [9.17, 15) is 4.79 Å². The van der Waals surface area contributed by atoms with Crippen LogP contribution in [-0.4, -0.2) is 12.6 Å². The van der Waals surface area contributed by atoms with Crippen LogP contribution in [0.15, 0.2) is 41.8 Å². The normalized spacial score (nSPS) is 11.9. The number of carbonyl (C=O) groups excluding carboxylic acids is 1. The molecule has 0 bridgehead atoms. The lowest BCUT2D eigenvalue weighted by molar-refractivity contribution is -0.144. The molecule has 0 radical (unpaired) electrons. The smallest absolute Gasteiger partial charge is 0.334 e. The minimum atomic E-state index is -0.485. The van der Waals surface area contributed by atoms with E-state index in [1.165, 1.54) is 11.3 Å². The molecule has 1 aromatic carbocycles. The lowest BCUT2D eigenvalue weighted by Gasteiger charge is -2.17. The largest absolute Gasteiger partial charge is 0.464 e. The molecule has 1 unspecified atom stereocenters. The Morgan fingerprint density at radius 2 is 2.11 bits per heavy atom. The molecule has 0 spiro atoms. The molecule has 5 heteroatoms. The highest BCUT2D eigenvalue weighted by atomic mass is 35.5. The fraction of sp³-hybridized carbons (Fsp3) is 0.214. The van der Waals surface area contributed by atoms with Gasteiger partial charge in [-0.05, 0) is 42.6 Å². The predicted octanol–water partition coefficient (Wildman–Crippen LogP) is 4.12. The van der Waals surface area contributed by atoms with Crippen LogP contribution in [0, 0.1) is 0 Å². The number of ether oxygens (including phenoxy) is 1. The van der Waals surface area contributed by atoms with Crippen LogP contribution in [0.2, 0.25) is 5.02 Å². The van der Waals surface area contributed by atoms with E-state index in [4.69, 9.17) is 16.3 Å². The van der Waals surface area contributed by atoms with Crippen LogP contribution in [0.4, 0.5) is 5.69 Å². The van der Waals surface area contributed by atoms with Gasteiger partial charge in [0.05, 0.1) is 6.61 Å². The van der Waals surface area contributed by atoms with Gasteiger partial charge < -0.3 is 10.1 Å². The van der Waals surface area contributed by atoms with E-state index in [0.29, 0.717) is 11.6 Å². The molecule has 1 aromatic heterocycles. The minimum absolute atomic E-state index is 0.278. The van der Waals surface area contributed by atoms with Crippen LogP contribution < -0.4 is 5.32 Å². The van der Waals surface area contributed by atoms with Crippen molar-refractivity contribution in [1.29, 1.82) is 0 Å². The van der Waals surface area contributed by atoms with Crippen LogP contribution in [0.25, 0.3) is 0 Å². The number of rotatable bonds is 5. The Morgan fingerprint density at radius 1 is 1.37 bits per heavy atom. The molecule has 0 fully saturated rings. The summed E-state index contributed by atoms with van der Waals surface area (Å²) in [5.41, 5.74) is 0.829. The summed E-state index contributed by atoms with van der Waals surface area (Å²) in [5, 5.41) is 5.77. The Labute approximate surface area is 121 Å². The lowest BCUT2D eigenvalue weighted by atomic mass is 10.2. The monoisotopic (exact) mass is 295 g/mol. The zero-order valence-electron chi connectivity index (χ0n) is 10.4. The number of carbonyl (C=O) groups is 1. The van der Waals surface area contributed by atoms with Crippen molar-refractivity contribution in [2.75, 3.05) is 11.9 Å². The van der Waals surface area contributed by atoms with Gasteiger partial charge in [0, 0.05) is 15.6 Å². The summed E-state index contributed by atoms with van der Waals surface area (Å²) in [6.07, 6.45) is 0. The molecular formula is C14H14ClNO2S. The van der Waals surface area contributed by atoms with Gasteiger partial charge in [0.25, 0.3) is 0 Å². The van der Waals surface area contributed by atoms with Crippen molar-refractivity contribution in [3.05, 3.63) is 51.7 Å². The maximum absolute atomic E-state index is 12.0. The number of esters is 1. The van der Waals surface area contributed by atoms with Crippen LogP contribution in [0.1, 0.15) is 17.8 Å². The van der Waals surface area contributed by atoms with Crippen molar-refractivity contribution in [2.45, 2.75) is 13.0 Å². The number of thiophene rings is 1. The van der Waals surface area contributed by atoms with Gasteiger partial charge in [0.2, 0.25) is 0 Å². The topological polar surface area (TPSA) is 38.3 Å². The van der Waals surface area contributed by atoms with Crippen LogP contribution in [-0.2, 0) is 9.53 Å². The Morgan fingerprint density at radius 3 is 2.68 bits per heavy atom. The predicted molar refractivity (Wildman–Crippen MR) is 78.8 cm³/mol. The fourth-order valence-electron chi connectivity index (χ4n) is 1.64. The third-order valence-corrected chi connectivity index (χ3v) is 3.69. The third kappa shape index (κ3) is 3.72. The van der Waals surface area contributed by atoms with Gasteiger partial charge in [-0.25, -0.2) is 4.79 Å². The average molecular weight is 296 g/mol. The highest BCUT2D eigenvalue weighted by Gasteiger charge is 2.22. The molecule has 3 nitrogen and oxygen atoms in total. The quantitative estimate of drug-likeness (QED) is 0.843. The van der Waals surface area contributed by atoms with E-state index in [1.807, 2.05) is 29.6 Å². The lowest BCUT2D eigenvalue weighted by Crippen LogP contribution is -2.22. The minimum Gasteiger partial charge on any atom is -0.464 e. The molecular weight excluding hydrogens is 282 g/mol. The third-order valence-electron chi connectivity index (χ3n) is 2.51. The SMILES string of the molecule is CCOC(=O)C(Nc1ccc(Cl)cc1)c1cccs1. The molecule has 1 atom stereocenters. The molecule has 0 aliphatic carbocycles.